The number of amides is 1. The number of hydrogen-bond acceptors (Lipinski definition) is 5. The van der Waals surface area contributed by atoms with Gasteiger partial charge in [-0.2, -0.15) is 0 Å². The third-order valence-corrected chi connectivity index (χ3v) is 7.03. The summed E-state index contributed by atoms with van der Waals surface area (Å²) >= 11 is 0. The molecule has 2 aliphatic heterocycles. The van der Waals surface area contributed by atoms with Crippen LogP contribution in [0.1, 0.15) is 66.7 Å². The second kappa shape index (κ2) is 8.66. The second-order valence-electron chi connectivity index (χ2n) is 9.76. The molecule has 0 unspecified atom stereocenters. The predicted octanol–water partition coefficient (Wildman–Crippen LogP) is 3.09. The third kappa shape index (κ3) is 4.11. The molecule has 6 heteroatoms. The van der Waals surface area contributed by atoms with Crippen LogP contribution < -0.4 is 5.32 Å². The molecule has 30 heavy (non-hydrogen) atoms. The lowest BCUT2D eigenvalue weighted by Crippen LogP contribution is -2.56. The van der Waals surface area contributed by atoms with E-state index in [9.17, 15) is 19.5 Å². The molecule has 0 bridgehead atoms. The number of allylic oxidation sites excluding steroid dienone is 2. The normalized spacial score (nSPS) is 37.8. The standard InChI is InChI=1S/C24H35NO5/c1-13(2)10-18-22-16(5)15(4)12-17-11-14(3)6-7-19(26)20(27)8-9-21(28)30-24(17,22)23(29)25-18/h11-13,16-18,20,22,27H,6-10H2,1-5H3,(H,25,29)/t16-,17+,18+,20+,22+,24-/m1/s1. The van der Waals surface area contributed by atoms with Crippen LogP contribution in [0.2, 0.25) is 0 Å². The molecule has 3 rings (SSSR count). The lowest BCUT2D eigenvalue weighted by molar-refractivity contribution is -0.177. The summed E-state index contributed by atoms with van der Waals surface area (Å²) in [5.74, 6) is -1.09. The Hall–Kier alpha value is -1.95. The number of rotatable bonds is 2. The monoisotopic (exact) mass is 417 g/mol. The fourth-order valence-corrected chi connectivity index (χ4v) is 5.36. The van der Waals surface area contributed by atoms with Crippen molar-refractivity contribution in [3.63, 3.8) is 0 Å². The van der Waals surface area contributed by atoms with Crippen molar-refractivity contribution in [3.8, 4) is 0 Å². The molecule has 1 amide bonds. The first-order valence-electron chi connectivity index (χ1n) is 11.2. The Labute approximate surface area is 179 Å². The number of nitrogens with one attached hydrogen (secondary N) is 1. The maximum Gasteiger partial charge on any atom is 0.307 e. The summed E-state index contributed by atoms with van der Waals surface area (Å²) < 4.78 is 6.05. The summed E-state index contributed by atoms with van der Waals surface area (Å²) in [6.45, 7) is 10.4. The minimum Gasteiger partial charge on any atom is -0.448 e. The van der Waals surface area contributed by atoms with Gasteiger partial charge in [-0.3, -0.25) is 14.4 Å². The Morgan fingerprint density at radius 1 is 1.17 bits per heavy atom. The van der Waals surface area contributed by atoms with Crippen LogP contribution in [0, 0.1) is 23.7 Å². The van der Waals surface area contributed by atoms with Crippen LogP contribution in [0.5, 0.6) is 0 Å². The van der Waals surface area contributed by atoms with Crippen molar-refractivity contribution in [3.05, 3.63) is 23.3 Å². The summed E-state index contributed by atoms with van der Waals surface area (Å²) in [7, 11) is 0. The fraction of sp³-hybridized carbons (Fsp3) is 0.708. The molecule has 2 heterocycles. The summed E-state index contributed by atoms with van der Waals surface area (Å²) in [5.41, 5.74) is 0.851. The average molecular weight is 418 g/mol. The fourth-order valence-electron chi connectivity index (χ4n) is 5.36. The first-order valence-corrected chi connectivity index (χ1v) is 11.2. The maximum absolute atomic E-state index is 13.4. The van der Waals surface area contributed by atoms with Crippen LogP contribution in [0.25, 0.3) is 0 Å². The molecule has 6 atom stereocenters. The van der Waals surface area contributed by atoms with Crippen molar-refractivity contribution in [2.75, 3.05) is 0 Å². The van der Waals surface area contributed by atoms with Crippen LogP contribution in [0.15, 0.2) is 23.3 Å². The maximum atomic E-state index is 13.4. The summed E-state index contributed by atoms with van der Waals surface area (Å²) in [6.07, 6.45) is 4.35. The third-order valence-electron chi connectivity index (χ3n) is 7.03. The van der Waals surface area contributed by atoms with Crippen molar-refractivity contribution in [2.24, 2.45) is 23.7 Å². The van der Waals surface area contributed by atoms with E-state index in [-0.39, 0.29) is 54.7 Å². The Bertz CT molecular complexity index is 782. The van der Waals surface area contributed by atoms with Crippen LogP contribution in [-0.4, -0.2) is 40.5 Å². The van der Waals surface area contributed by atoms with Crippen molar-refractivity contribution in [2.45, 2.75) is 84.5 Å². The van der Waals surface area contributed by atoms with E-state index in [1.165, 1.54) is 5.57 Å². The molecular formula is C24H35NO5. The lowest BCUT2D eigenvalue weighted by atomic mass is 9.63. The highest BCUT2D eigenvalue weighted by atomic mass is 16.6. The van der Waals surface area contributed by atoms with Gasteiger partial charge in [0.1, 0.15) is 6.10 Å². The number of carbonyl (C=O) groups excluding carboxylic acids is 3. The number of Topliss-reactive ketones (excluding diaryl/α,β-unsaturated/α-hetero) is 1. The van der Waals surface area contributed by atoms with Gasteiger partial charge in [0.15, 0.2) is 5.78 Å². The molecule has 0 aromatic heterocycles. The zero-order valence-electron chi connectivity index (χ0n) is 18.7. The van der Waals surface area contributed by atoms with E-state index < -0.39 is 17.7 Å². The van der Waals surface area contributed by atoms with E-state index in [1.54, 1.807) is 0 Å². The molecule has 166 valence electrons. The molecule has 3 aliphatic rings. The van der Waals surface area contributed by atoms with E-state index in [4.69, 9.17) is 4.74 Å². The first kappa shape index (κ1) is 22.7. The lowest BCUT2D eigenvalue weighted by Gasteiger charge is -2.45. The van der Waals surface area contributed by atoms with Gasteiger partial charge in [0.25, 0.3) is 5.91 Å². The van der Waals surface area contributed by atoms with Gasteiger partial charge in [0.2, 0.25) is 5.60 Å². The molecule has 0 aromatic rings. The average Bonchev–Trinajstić information content (AvgIpc) is 2.93. The Morgan fingerprint density at radius 2 is 1.87 bits per heavy atom. The van der Waals surface area contributed by atoms with Gasteiger partial charge in [0, 0.05) is 30.7 Å². The molecule has 1 fully saturated rings. The summed E-state index contributed by atoms with van der Waals surface area (Å²) in [4.78, 5) is 38.4. The molecule has 0 aromatic carbocycles. The van der Waals surface area contributed by atoms with Gasteiger partial charge in [-0.15, -0.1) is 0 Å². The van der Waals surface area contributed by atoms with E-state index in [2.05, 4.69) is 39.1 Å². The number of aliphatic hydroxyl groups is 1. The van der Waals surface area contributed by atoms with E-state index >= 15 is 0 Å². The number of aliphatic hydroxyl groups excluding tert-OH is 1. The van der Waals surface area contributed by atoms with Gasteiger partial charge < -0.3 is 15.2 Å². The Balaban J connectivity index is 2.11. The molecule has 0 saturated carbocycles. The predicted molar refractivity (Wildman–Crippen MR) is 113 cm³/mol. The molecule has 1 aliphatic carbocycles. The number of hydrogen-bond donors (Lipinski definition) is 2. The van der Waals surface area contributed by atoms with Crippen LogP contribution in [0.3, 0.4) is 0 Å². The van der Waals surface area contributed by atoms with E-state index in [1.807, 2.05) is 13.0 Å². The molecular weight excluding hydrogens is 382 g/mol. The zero-order valence-corrected chi connectivity index (χ0v) is 18.7. The van der Waals surface area contributed by atoms with Gasteiger partial charge >= 0.3 is 5.97 Å². The highest BCUT2D eigenvalue weighted by molar-refractivity contribution is 5.92. The zero-order chi connectivity index (χ0) is 22.2. The number of esters is 1. The Morgan fingerprint density at radius 3 is 2.53 bits per heavy atom. The largest absolute Gasteiger partial charge is 0.448 e. The number of ketones is 1. The highest BCUT2D eigenvalue weighted by Crippen LogP contribution is 2.51. The smallest absolute Gasteiger partial charge is 0.307 e. The summed E-state index contributed by atoms with van der Waals surface area (Å²) in [6, 6.07) is -0.0692. The van der Waals surface area contributed by atoms with Crippen LogP contribution in [-0.2, 0) is 19.1 Å². The molecule has 6 nitrogen and oxygen atoms in total. The van der Waals surface area contributed by atoms with Gasteiger partial charge in [-0.05, 0) is 44.9 Å². The molecule has 1 saturated heterocycles. The van der Waals surface area contributed by atoms with Gasteiger partial charge in [0.05, 0.1) is 0 Å². The van der Waals surface area contributed by atoms with Crippen LogP contribution >= 0.6 is 0 Å². The van der Waals surface area contributed by atoms with Crippen LogP contribution in [0.4, 0.5) is 0 Å². The quantitative estimate of drug-likeness (QED) is 0.532. The molecule has 1 spiro atoms. The minimum absolute atomic E-state index is 0.0211. The number of carbonyl (C=O) groups is 3. The molecule has 0 radical (unpaired) electrons. The summed E-state index contributed by atoms with van der Waals surface area (Å²) in [5, 5.41) is 13.2. The Kier molecular flexibility index (Phi) is 6.56. The van der Waals surface area contributed by atoms with E-state index in [0.29, 0.717) is 12.3 Å². The van der Waals surface area contributed by atoms with E-state index in [0.717, 1.165) is 12.0 Å². The molecule has 2 N–H and O–H groups in total. The minimum atomic E-state index is -1.29. The van der Waals surface area contributed by atoms with Gasteiger partial charge in [-0.1, -0.05) is 44.1 Å². The topological polar surface area (TPSA) is 92.7 Å². The van der Waals surface area contributed by atoms with Gasteiger partial charge in [-0.25, -0.2) is 0 Å². The van der Waals surface area contributed by atoms with Crippen molar-refractivity contribution in [1.29, 1.82) is 0 Å². The van der Waals surface area contributed by atoms with Crippen molar-refractivity contribution < 1.29 is 24.2 Å². The SMILES string of the molecule is CC1=C[C@H]2C=C(C)[C@@H](C)[C@H]3[C@H](CC(C)C)NC(=O)[C@@]23OC(=O)CC[C@H](O)C(=O)CC1. The van der Waals surface area contributed by atoms with Crippen molar-refractivity contribution in [1.82, 2.24) is 5.32 Å². The second-order valence-corrected chi connectivity index (χ2v) is 9.76. The highest BCUT2D eigenvalue weighted by Gasteiger charge is 2.64. The van der Waals surface area contributed by atoms with Crippen molar-refractivity contribution >= 4 is 17.7 Å². The number of ether oxygens (including phenoxy) is 1. The first-order chi connectivity index (χ1) is 14.1.